The van der Waals surface area contributed by atoms with Crippen LogP contribution in [0.15, 0.2) is 30.9 Å². The van der Waals surface area contributed by atoms with E-state index in [2.05, 4.69) is 15.6 Å². The molecule has 2 unspecified atom stereocenters. The molecule has 0 bridgehead atoms. The maximum Gasteiger partial charge on any atom is 0.418 e. The van der Waals surface area contributed by atoms with Crippen molar-refractivity contribution in [1.82, 2.24) is 20.6 Å². The molecule has 2 amide bonds. The molecule has 2 rings (SSSR count). The second kappa shape index (κ2) is 13.8. The first-order valence-corrected chi connectivity index (χ1v) is 14.2. The number of ether oxygens (including phenoxy) is 3. The van der Waals surface area contributed by atoms with E-state index in [1.807, 2.05) is 11.8 Å². The fourth-order valence-corrected chi connectivity index (χ4v) is 4.64. The highest BCUT2D eigenvalue weighted by atomic mass is 16.7. The van der Waals surface area contributed by atoms with Crippen molar-refractivity contribution in [2.75, 3.05) is 29.9 Å². The Kier molecular flexibility index (Phi) is 11.5. The minimum atomic E-state index is -1.67. The molecule has 2 heterocycles. The molecule has 1 fully saturated rings. The van der Waals surface area contributed by atoms with Crippen molar-refractivity contribution in [2.24, 2.45) is 11.8 Å². The van der Waals surface area contributed by atoms with Crippen LogP contribution in [0.2, 0.25) is 0 Å². The molecule has 0 spiro atoms. The van der Waals surface area contributed by atoms with Crippen LogP contribution < -0.4 is 26.3 Å². The summed E-state index contributed by atoms with van der Waals surface area (Å²) in [4.78, 5) is 33.7. The number of aliphatic hydroxyl groups excluding tert-OH is 1. The van der Waals surface area contributed by atoms with Crippen molar-refractivity contribution < 1.29 is 28.9 Å². The highest BCUT2D eigenvalue weighted by Crippen LogP contribution is 2.35. The number of aliphatic hydroxyl groups is 1. The number of aromatic nitrogens is 1. The third-order valence-electron chi connectivity index (χ3n) is 6.03. The zero-order valence-electron chi connectivity index (χ0n) is 27.0. The van der Waals surface area contributed by atoms with Crippen molar-refractivity contribution in [2.45, 2.75) is 105 Å². The van der Waals surface area contributed by atoms with Crippen LogP contribution in [0.3, 0.4) is 0 Å². The molecule has 13 nitrogen and oxygen atoms in total. The molecule has 1 saturated heterocycles. The van der Waals surface area contributed by atoms with Gasteiger partial charge in [0.1, 0.15) is 11.2 Å². The number of carbonyl (C=O) groups excluding carboxylic acids is 2. The van der Waals surface area contributed by atoms with Crippen LogP contribution in [-0.2, 0) is 14.2 Å². The van der Waals surface area contributed by atoms with Crippen LogP contribution in [0, 0.1) is 5.92 Å². The number of pyridine rings is 1. The van der Waals surface area contributed by atoms with E-state index in [-0.39, 0.29) is 17.6 Å². The number of carbonyl (C=O) groups is 2. The van der Waals surface area contributed by atoms with Gasteiger partial charge in [-0.05, 0) is 74.3 Å². The average Bonchev–Trinajstić information content (AvgIpc) is 2.79. The van der Waals surface area contributed by atoms with Crippen LogP contribution in [0.4, 0.5) is 21.0 Å². The molecule has 42 heavy (non-hydrogen) atoms. The van der Waals surface area contributed by atoms with E-state index in [1.165, 1.54) is 6.20 Å². The molecule has 4 atom stereocenters. The monoisotopic (exact) mass is 593 g/mol. The number of amides is 2. The number of nitrogens with two attached hydrogens (primary N) is 1. The fraction of sp³-hybridized carbons (Fsp3) is 0.690. The maximum atomic E-state index is 13.5. The van der Waals surface area contributed by atoms with Crippen LogP contribution in [-0.4, -0.2) is 82.7 Å². The van der Waals surface area contributed by atoms with Crippen LogP contribution >= 0.6 is 0 Å². The topological polar surface area (TPSA) is 155 Å². The Morgan fingerprint density at radius 3 is 2.26 bits per heavy atom. The number of rotatable bonds is 8. The van der Waals surface area contributed by atoms with E-state index in [4.69, 9.17) is 20.1 Å². The van der Waals surface area contributed by atoms with Gasteiger partial charge in [0.2, 0.25) is 6.41 Å². The quantitative estimate of drug-likeness (QED) is 0.199. The largest absolute Gasteiger partial charge is 0.444 e. The minimum absolute atomic E-state index is 0.0723. The van der Waals surface area contributed by atoms with Gasteiger partial charge in [-0.25, -0.2) is 20.3 Å². The van der Waals surface area contributed by atoms with Crippen molar-refractivity contribution in [3.8, 4) is 0 Å². The van der Waals surface area contributed by atoms with Crippen LogP contribution in [0.5, 0.6) is 0 Å². The first-order valence-electron chi connectivity index (χ1n) is 14.2. The predicted octanol–water partition coefficient (Wildman–Crippen LogP) is 3.50. The third-order valence-corrected chi connectivity index (χ3v) is 6.03. The smallest absolute Gasteiger partial charge is 0.418 e. The van der Waals surface area contributed by atoms with E-state index in [1.54, 1.807) is 99.0 Å². The lowest BCUT2D eigenvalue weighted by atomic mass is 9.88. The molecule has 0 aliphatic carbocycles. The Hall–Kier alpha value is -3.29. The highest BCUT2D eigenvalue weighted by molar-refractivity contribution is 5.92. The van der Waals surface area contributed by atoms with E-state index in [0.29, 0.717) is 18.8 Å². The summed E-state index contributed by atoms with van der Waals surface area (Å²) >= 11 is 0. The molecule has 1 aliphatic rings. The number of piperidine rings is 1. The summed E-state index contributed by atoms with van der Waals surface area (Å²) in [5.41, 5.74) is -1.43. The average molecular weight is 594 g/mol. The Morgan fingerprint density at radius 1 is 1.10 bits per heavy atom. The molecule has 5 N–H and O–H groups in total. The van der Waals surface area contributed by atoms with Gasteiger partial charge in [-0.2, -0.15) is 0 Å². The first kappa shape index (κ1) is 34.9. The third kappa shape index (κ3) is 10.5. The normalized spacial score (nSPS) is 20.6. The summed E-state index contributed by atoms with van der Waals surface area (Å²) in [5.74, 6) is 6.37. The molecule has 1 aliphatic heterocycles. The van der Waals surface area contributed by atoms with E-state index < -0.39 is 41.4 Å². The Balaban J connectivity index is 2.55. The SMILES string of the molecule is CN/C=C\N(N)[C@@H]1C(NC(=O)OC(C)(C)C)CN(c2ccncc2N(C(=O)OC(C)(C)C)C(O)OC(C)(C)C)C[C@@H]1C. The number of anilines is 2. The maximum absolute atomic E-state index is 13.5. The fourth-order valence-electron chi connectivity index (χ4n) is 4.64. The molecular formula is C29H51N7O6. The number of alkyl carbamates (subject to hydrolysis) is 1. The first-order chi connectivity index (χ1) is 19.2. The lowest BCUT2D eigenvalue weighted by Crippen LogP contribution is -2.65. The summed E-state index contributed by atoms with van der Waals surface area (Å²) < 4.78 is 17.0. The Bertz CT molecular complexity index is 1080. The highest BCUT2D eigenvalue weighted by Gasteiger charge is 2.41. The van der Waals surface area contributed by atoms with Gasteiger partial charge in [0.05, 0.1) is 35.3 Å². The number of nitrogens with zero attached hydrogens (tertiary/aromatic N) is 4. The second-order valence-electron chi connectivity index (χ2n) is 13.4. The van der Waals surface area contributed by atoms with Gasteiger partial charge in [0, 0.05) is 38.7 Å². The lowest BCUT2D eigenvalue weighted by molar-refractivity contribution is -0.163. The van der Waals surface area contributed by atoms with E-state index in [0.717, 1.165) is 4.90 Å². The van der Waals surface area contributed by atoms with E-state index >= 15 is 0 Å². The molecule has 0 radical (unpaired) electrons. The number of hydrogen-bond donors (Lipinski definition) is 4. The minimum Gasteiger partial charge on any atom is -0.444 e. The van der Waals surface area contributed by atoms with E-state index in [9.17, 15) is 14.7 Å². The molecule has 238 valence electrons. The summed E-state index contributed by atoms with van der Waals surface area (Å²) in [6.45, 7) is 18.8. The van der Waals surface area contributed by atoms with Gasteiger partial charge in [-0.3, -0.25) is 4.98 Å². The summed E-state index contributed by atoms with van der Waals surface area (Å²) in [6, 6.07) is 0.970. The lowest BCUT2D eigenvalue weighted by Gasteiger charge is -2.47. The van der Waals surface area contributed by atoms with Gasteiger partial charge in [-0.1, -0.05) is 6.92 Å². The van der Waals surface area contributed by atoms with Crippen molar-refractivity contribution in [3.05, 3.63) is 30.9 Å². The van der Waals surface area contributed by atoms with Crippen molar-refractivity contribution in [3.63, 3.8) is 0 Å². The molecule has 0 saturated carbocycles. The van der Waals surface area contributed by atoms with Crippen molar-refractivity contribution in [1.29, 1.82) is 0 Å². The second-order valence-corrected chi connectivity index (χ2v) is 13.4. The summed E-state index contributed by atoms with van der Waals surface area (Å²) in [5, 5.41) is 18.7. The number of hydrogen-bond acceptors (Lipinski definition) is 11. The number of hydrazine groups is 1. The standard InChI is InChI=1S/C29H51N7O6/c1-19-17-34(18-20(23(19)35(30)15-14-31-11)33-24(37)40-27(2,3)4)21-12-13-32-16-22(21)36(25(38)41-28(5,6)7)26(39)42-29(8,9)10/h12-16,19-20,23,25,31,38H,17-18,30H2,1-11H3,(H,33,37)/b15-14-/t19-,20?,23-,25?/m0/s1. The zero-order chi connectivity index (χ0) is 32.0. The van der Waals surface area contributed by atoms with Crippen molar-refractivity contribution >= 4 is 23.6 Å². The molecule has 13 heteroatoms. The van der Waals surface area contributed by atoms with Gasteiger partial charge < -0.3 is 39.9 Å². The summed E-state index contributed by atoms with van der Waals surface area (Å²) in [7, 11) is 1.77. The molecule has 1 aromatic rings. The Labute approximate surface area is 250 Å². The van der Waals surface area contributed by atoms with Gasteiger partial charge >= 0.3 is 12.2 Å². The number of nitrogens with one attached hydrogen (secondary N) is 2. The Morgan fingerprint density at radius 2 is 1.71 bits per heavy atom. The van der Waals surface area contributed by atoms with Gasteiger partial charge in [-0.15, -0.1) is 0 Å². The van der Waals surface area contributed by atoms with Crippen LogP contribution in [0.1, 0.15) is 69.2 Å². The predicted molar refractivity (Wildman–Crippen MR) is 162 cm³/mol. The van der Waals surface area contributed by atoms with Gasteiger partial charge in [0.15, 0.2) is 0 Å². The zero-order valence-corrected chi connectivity index (χ0v) is 27.0. The molecular weight excluding hydrogens is 542 g/mol. The van der Waals surface area contributed by atoms with Gasteiger partial charge in [0.25, 0.3) is 0 Å². The molecule has 0 aromatic carbocycles. The molecule has 1 aromatic heterocycles. The van der Waals surface area contributed by atoms with Crippen LogP contribution in [0.25, 0.3) is 0 Å². The summed E-state index contributed by atoms with van der Waals surface area (Å²) in [6.07, 6.45) is 3.46.